The van der Waals surface area contributed by atoms with Gasteiger partial charge >= 0.3 is 13.3 Å². The van der Waals surface area contributed by atoms with Gasteiger partial charge in [-0.1, -0.05) is 60.7 Å². The van der Waals surface area contributed by atoms with Crippen molar-refractivity contribution in [2.45, 2.75) is 55.9 Å². The van der Waals surface area contributed by atoms with Crippen LogP contribution in [0.5, 0.6) is 0 Å². The highest BCUT2D eigenvalue weighted by molar-refractivity contribution is 7.52. The van der Waals surface area contributed by atoms with Crippen LogP contribution in [0.15, 0.2) is 91.0 Å². The highest BCUT2D eigenvalue weighted by atomic mass is 31.2. The molecule has 4 aromatic carbocycles. The number of amides is 3. The Balaban J connectivity index is 1.16. The third-order valence-corrected chi connectivity index (χ3v) is 9.76. The summed E-state index contributed by atoms with van der Waals surface area (Å²) in [7, 11) is -5.77. The predicted molar refractivity (Wildman–Crippen MR) is 169 cm³/mol. The number of anilines is 1. The fourth-order valence-corrected chi connectivity index (χ4v) is 6.81. The maximum absolute atomic E-state index is 14.3. The molecule has 2 heterocycles. The smallest absolute Gasteiger partial charge is 0.340 e. The van der Waals surface area contributed by atoms with Gasteiger partial charge in [-0.05, 0) is 84.3 Å². The van der Waals surface area contributed by atoms with E-state index in [0.29, 0.717) is 43.2 Å². The molecule has 4 N–H and O–H groups in total. The van der Waals surface area contributed by atoms with E-state index in [0.717, 1.165) is 23.3 Å². The van der Waals surface area contributed by atoms with Crippen LogP contribution in [0, 0.1) is 0 Å². The molecule has 2 aliphatic heterocycles. The van der Waals surface area contributed by atoms with Gasteiger partial charge in [-0.2, -0.15) is 8.78 Å². The summed E-state index contributed by atoms with van der Waals surface area (Å²) in [6, 6.07) is 23.1. The Hall–Kier alpha value is -4.44. The minimum Gasteiger partial charge on any atom is -0.340 e. The summed E-state index contributed by atoms with van der Waals surface area (Å²) in [6.07, 6.45) is 2.89. The number of nitrogens with zero attached hydrogens (tertiary/aromatic N) is 1. The zero-order chi connectivity index (χ0) is 32.6. The molecule has 4 aromatic rings. The van der Waals surface area contributed by atoms with Crippen molar-refractivity contribution in [2.24, 2.45) is 0 Å². The molecule has 0 bridgehead atoms. The molecule has 12 heteroatoms. The first-order chi connectivity index (χ1) is 21.9. The molecule has 0 radical (unpaired) electrons. The molecule has 0 aliphatic carbocycles. The van der Waals surface area contributed by atoms with Crippen molar-refractivity contribution < 1.29 is 37.5 Å². The van der Waals surface area contributed by atoms with E-state index >= 15 is 0 Å². The van der Waals surface area contributed by atoms with Crippen molar-refractivity contribution in [3.8, 4) is 11.1 Å². The second-order valence-electron chi connectivity index (χ2n) is 11.7. The summed E-state index contributed by atoms with van der Waals surface area (Å²) < 4.78 is 40.0. The summed E-state index contributed by atoms with van der Waals surface area (Å²) in [5.41, 5.74) is -2.51. The number of nitrogens with one attached hydrogen (secondary N) is 2. The van der Waals surface area contributed by atoms with Crippen LogP contribution in [-0.2, 0) is 19.8 Å². The molecule has 3 atom stereocenters. The van der Waals surface area contributed by atoms with Crippen LogP contribution in [0.4, 0.5) is 14.5 Å². The quantitative estimate of drug-likeness (QED) is 0.181. The van der Waals surface area contributed by atoms with E-state index in [2.05, 4.69) is 10.6 Å². The fourth-order valence-electron chi connectivity index (χ4n) is 6.34. The number of carbonyl (C=O) groups is 3. The van der Waals surface area contributed by atoms with Crippen LogP contribution in [0.2, 0.25) is 0 Å². The molecule has 0 spiro atoms. The molecule has 2 fully saturated rings. The molecule has 46 heavy (non-hydrogen) atoms. The van der Waals surface area contributed by atoms with E-state index in [1.165, 1.54) is 24.3 Å². The van der Waals surface area contributed by atoms with E-state index < -0.39 is 36.8 Å². The van der Waals surface area contributed by atoms with Crippen molar-refractivity contribution in [3.63, 3.8) is 0 Å². The van der Waals surface area contributed by atoms with Gasteiger partial charge in [-0.25, -0.2) is 0 Å². The number of hydrogen-bond donors (Lipinski definition) is 4. The summed E-state index contributed by atoms with van der Waals surface area (Å²) in [5, 5.41) is 6.37. The molecule has 0 aromatic heterocycles. The Kier molecular flexibility index (Phi) is 8.50. The van der Waals surface area contributed by atoms with Crippen LogP contribution in [-0.4, -0.2) is 50.5 Å². The molecule has 2 saturated heterocycles. The Morgan fingerprint density at radius 1 is 0.826 bits per heavy atom. The van der Waals surface area contributed by atoms with E-state index in [1.807, 2.05) is 54.6 Å². The Morgan fingerprint density at radius 2 is 1.52 bits per heavy atom. The van der Waals surface area contributed by atoms with Gasteiger partial charge in [0.05, 0.1) is 0 Å². The number of alkyl halides is 2. The largest absolute Gasteiger partial charge is 0.399 e. The average Bonchev–Trinajstić information content (AvgIpc) is 3.41. The number of carbonyl (C=O) groups excluding carboxylic acids is 3. The standard InChI is InChI=1S/C34H32F2N3O6P/c35-34(36,46(43,44)45)26-14-11-23-9-10-24(19-25(23)20-26)31(40)38-29-8-4-7-28-17-18-30(39(28)33(29)42)32(41)37-27-15-12-22(13-16-27)21-5-2-1-3-6-21/h1-3,5-6,9-16,19-20,28-30H,4,7-8,17-18H2,(H,37,41)(H,38,40)(H2,43,44,45)/t28-,29-,30-/m0/s1. The van der Waals surface area contributed by atoms with Crippen molar-refractivity contribution in [1.82, 2.24) is 10.2 Å². The van der Waals surface area contributed by atoms with Crippen molar-refractivity contribution >= 4 is 41.8 Å². The molecule has 2 aliphatic rings. The number of rotatable bonds is 7. The van der Waals surface area contributed by atoms with Crippen molar-refractivity contribution in [3.05, 3.63) is 102 Å². The van der Waals surface area contributed by atoms with Gasteiger partial charge in [0, 0.05) is 22.9 Å². The van der Waals surface area contributed by atoms with Gasteiger partial charge in [0.15, 0.2) is 0 Å². The maximum Gasteiger partial charge on any atom is 0.399 e. The van der Waals surface area contributed by atoms with Crippen molar-refractivity contribution in [1.29, 1.82) is 0 Å². The first-order valence-electron chi connectivity index (χ1n) is 15.0. The SMILES string of the molecule is O=C(N[C@H]1CCC[C@H]2CC[C@@H](C(=O)Nc3ccc(-c4ccccc4)cc3)N2C1=O)c1ccc2ccc(C(F)(F)P(=O)(O)O)cc2c1. The summed E-state index contributed by atoms with van der Waals surface area (Å²) in [5.74, 6) is -1.26. The number of fused-ring (bicyclic) bond motifs is 2. The van der Waals surface area contributed by atoms with E-state index in [1.54, 1.807) is 4.90 Å². The van der Waals surface area contributed by atoms with Crippen LogP contribution in [0.1, 0.15) is 48.0 Å². The highest BCUT2D eigenvalue weighted by Gasteiger charge is 2.50. The molecule has 6 rings (SSSR count). The van der Waals surface area contributed by atoms with E-state index in [4.69, 9.17) is 9.79 Å². The molecular weight excluding hydrogens is 615 g/mol. The molecule has 238 valence electrons. The lowest BCUT2D eigenvalue weighted by atomic mass is 10.0. The Morgan fingerprint density at radius 3 is 2.24 bits per heavy atom. The Bertz CT molecular complexity index is 1850. The molecule has 9 nitrogen and oxygen atoms in total. The summed E-state index contributed by atoms with van der Waals surface area (Å²) in [6.45, 7) is 0. The third-order valence-electron chi connectivity index (χ3n) is 8.77. The van der Waals surface area contributed by atoms with Crippen LogP contribution in [0.3, 0.4) is 0 Å². The lowest BCUT2D eigenvalue weighted by Gasteiger charge is -2.30. The minimum atomic E-state index is -5.77. The maximum atomic E-state index is 14.3. The number of halogens is 2. The monoisotopic (exact) mass is 647 g/mol. The topological polar surface area (TPSA) is 136 Å². The van der Waals surface area contributed by atoms with Gasteiger partial charge in [0.1, 0.15) is 12.1 Å². The second kappa shape index (κ2) is 12.4. The van der Waals surface area contributed by atoms with Crippen LogP contribution >= 0.6 is 7.60 Å². The lowest BCUT2D eigenvalue weighted by molar-refractivity contribution is -0.139. The zero-order valence-electron chi connectivity index (χ0n) is 24.6. The normalized spacial score (nSPS) is 20.2. The van der Waals surface area contributed by atoms with Crippen LogP contribution < -0.4 is 10.6 Å². The first kappa shape index (κ1) is 31.5. The zero-order valence-corrected chi connectivity index (χ0v) is 25.5. The minimum absolute atomic E-state index is 0.0902. The van der Waals surface area contributed by atoms with Gasteiger partial charge in [-0.15, -0.1) is 0 Å². The predicted octanol–water partition coefficient (Wildman–Crippen LogP) is 6.01. The summed E-state index contributed by atoms with van der Waals surface area (Å²) >= 11 is 0. The van der Waals surface area contributed by atoms with E-state index in [9.17, 15) is 27.7 Å². The van der Waals surface area contributed by atoms with Gasteiger partial charge in [0.2, 0.25) is 11.8 Å². The number of hydrogen-bond acceptors (Lipinski definition) is 4. The lowest BCUT2D eigenvalue weighted by Crippen LogP contribution is -2.53. The molecular formula is C34H32F2N3O6P. The van der Waals surface area contributed by atoms with Gasteiger partial charge < -0.3 is 25.3 Å². The van der Waals surface area contributed by atoms with Gasteiger partial charge in [0.25, 0.3) is 5.91 Å². The molecule has 0 saturated carbocycles. The summed E-state index contributed by atoms with van der Waals surface area (Å²) in [4.78, 5) is 60.4. The molecule has 3 amide bonds. The van der Waals surface area contributed by atoms with Gasteiger partial charge in [-0.3, -0.25) is 18.9 Å². The number of benzene rings is 4. The highest BCUT2D eigenvalue weighted by Crippen LogP contribution is 2.59. The van der Waals surface area contributed by atoms with E-state index in [-0.39, 0.29) is 28.8 Å². The fraction of sp³-hybridized carbons (Fsp3) is 0.265. The average molecular weight is 648 g/mol. The third kappa shape index (κ3) is 6.18. The van der Waals surface area contributed by atoms with Crippen molar-refractivity contribution in [2.75, 3.05) is 5.32 Å². The Labute approximate surface area is 263 Å². The molecule has 0 unspecified atom stereocenters. The van der Waals surface area contributed by atoms with Crippen LogP contribution in [0.25, 0.3) is 21.9 Å². The second-order valence-corrected chi connectivity index (χ2v) is 13.4. The first-order valence-corrected chi connectivity index (χ1v) is 16.6.